The molecule has 0 saturated carbocycles. The number of hydrogen-bond acceptors (Lipinski definition) is 7. The van der Waals surface area contributed by atoms with Crippen molar-refractivity contribution in [2.24, 2.45) is 5.41 Å². The van der Waals surface area contributed by atoms with Crippen molar-refractivity contribution < 1.29 is 33.2 Å². The van der Waals surface area contributed by atoms with Gasteiger partial charge in [-0.3, -0.25) is 0 Å². The lowest BCUT2D eigenvalue weighted by Gasteiger charge is -2.32. The molecule has 3 saturated heterocycles. The molecule has 136 valence electrons. The zero-order chi connectivity index (χ0) is 16.7. The first-order valence-corrected chi connectivity index (χ1v) is 8.39. The number of epoxide rings is 3. The van der Waals surface area contributed by atoms with E-state index in [2.05, 4.69) is 5.92 Å². The van der Waals surface area contributed by atoms with Gasteiger partial charge < -0.3 is 33.2 Å². The van der Waals surface area contributed by atoms with E-state index in [-0.39, 0.29) is 24.9 Å². The van der Waals surface area contributed by atoms with Crippen LogP contribution >= 0.6 is 0 Å². The lowest BCUT2D eigenvalue weighted by Crippen LogP contribution is -2.42. The van der Waals surface area contributed by atoms with Crippen molar-refractivity contribution in [2.45, 2.75) is 18.3 Å². The Balaban J connectivity index is 1.48. The average Bonchev–Trinajstić information content (AvgIpc) is 3.42. The molecular formula is C17H26O7. The normalized spacial score (nSPS) is 29.7. The average molecular weight is 342 g/mol. The summed E-state index contributed by atoms with van der Waals surface area (Å²) < 4.78 is 38.6. The van der Waals surface area contributed by atoms with Crippen LogP contribution < -0.4 is 0 Å². The summed E-state index contributed by atoms with van der Waals surface area (Å²) >= 11 is 0. The van der Waals surface area contributed by atoms with Crippen molar-refractivity contribution in [1.29, 1.82) is 0 Å². The van der Waals surface area contributed by atoms with Crippen LogP contribution in [0.1, 0.15) is 0 Å². The van der Waals surface area contributed by atoms with E-state index in [1.807, 2.05) is 0 Å². The molecule has 7 nitrogen and oxygen atoms in total. The monoisotopic (exact) mass is 342 g/mol. The zero-order valence-electron chi connectivity index (χ0n) is 13.9. The number of hydrogen-bond donors (Lipinski definition) is 0. The number of ether oxygens (including phenoxy) is 7. The minimum absolute atomic E-state index is 0.218. The Morgan fingerprint density at radius 3 is 1.46 bits per heavy atom. The van der Waals surface area contributed by atoms with Crippen LogP contribution in [0.5, 0.6) is 0 Å². The molecule has 3 aliphatic heterocycles. The van der Waals surface area contributed by atoms with Crippen LogP contribution in [0.2, 0.25) is 0 Å². The second-order valence-corrected chi connectivity index (χ2v) is 6.61. The highest BCUT2D eigenvalue weighted by molar-refractivity contribution is 4.86. The van der Waals surface area contributed by atoms with E-state index in [4.69, 9.17) is 39.6 Å². The van der Waals surface area contributed by atoms with Crippen LogP contribution in [0.3, 0.4) is 0 Å². The fraction of sp³-hybridized carbons (Fsp3) is 0.882. The molecule has 0 aromatic carbocycles. The molecular weight excluding hydrogens is 316 g/mol. The van der Waals surface area contributed by atoms with Crippen molar-refractivity contribution in [1.82, 2.24) is 0 Å². The zero-order valence-corrected chi connectivity index (χ0v) is 13.9. The quantitative estimate of drug-likeness (QED) is 0.233. The molecule has 3 atom stereocenters. The van der Waals surface area contributed by atoms with Gasteiger partial charge in [0.05, 0.1) is 71.5 Å². The summed E-state index contributed by atoms with van der Waals surface area (Å²) in [6, 6.07) is 0. The van der Waals surface area contributed by atoms with E-state index in [9.17, 15) is 0 Å². The highest BCUT2D eigenvalue weighted by Crippen LogP contribution is 2.23. The predicted molar refractivity (Wildman–Crippen MR) is 83.8 cm³/mol. The van der Waals surface area contributed by atoms with Crippen molar-refractivity contribution in [3.05, 3.63) is 0 Å². The van der Waals surface area contributed by atoms with E-state index in [1.165, 1.54) is 0 Å². The Morgan fingerprint density at radius 2 is 1.12 bits per heavy atom. The topological polar surface area (TPSA) is 74.5 Å². The van der Waals surface area contributed by atoms with Gasteiger partial charge in [-0.25, -0.2) is 0 Å². The van der Waals surface area contributed by atoms with E-state index >= 15 is 0 Å². The summed E-state index contributed by atoms with van der Waals surface area (Å²) in [7, 11) is 0. The summed E-state index contributed by atoms with van der Waals surface area (Å²) in [6.45, 7) is 6.11. The second kappa shape index (κ2) is 9.11. The minimum Gasteiger partial charge on any atom is -0.378 e. The maximum absolute atomic E-state index is 5.82. The van der Waals surface area contributed by atoms with Gasteiger partial charge in [0, 0.05) is 0 Å². The Bertz CT molecular complexity index is 364. The van der Waals surface area contributed by atoms with Crippen LogP contribution in [0.15, 0.2) is 0 Å². The van der Waals surface area contributed by atoms with Crippen LogP contribution in [0.25, 0.3) is 0 Å². The van der Waals surface area contributed by atoms with Gasteiger partial charge in [0.2, 0.25) is 0 Å². The minimum atomic E-state index is -0.407. The van der Waals surface area contributed by atoms with Crippen molar-refractivity contribution >= 4 is 0 Å². The summed E-state index contributed by atoms with van der Waals surface area (Å²) in [5, 5.41) is 0. The van der Waals surface area contributed by atoms with Gasteiger partial charge in [-0.15, -0.1) is 6.42 Å². The third kappa shape index (κ3) is 7.03. The van der Waals surface area contributed by atoms with Gasteiger partial charge in [0.25, 0.3) is 0 Å². The fourth-order valence-electron chi connectivity index (χ4n) is 2.29. The lowest BCUT2D eigenvalue weighted by atomic mass is 9.92. The third-order valence-corrected chi connectivity index (χ3v) is 3.94. The smallest absolute Gasteiger partial charge is 0.107 e. The van der Waals surface area contributed by atoms with Gasteiger partial charge in [-0.2, -0.15) is 0 Å². The highest BCUT2D eigenvalue weighted by Gasteiger charge is 2.36. The number of rotatable bonds is 15. The molecule has 0 amide bonds. The molecule has 3 aliphatic rings. The SMILES string of the molecule is C#CCOCC(COCC1CO1)(COCC1CO1)COCC1CO1. The molecule has 3 fully saturated rings. The standard InChI is InChI=1S/C17H26O7/c1-2-3-18-10-17(11-19-4-14-7-22-14,12-20-5-15-8-23-15)13-21-6-16-9-24-16/h1,14-16H,3-13H2. The molecule has 0 spiro atoms. The Morgan fingerprint density at radius 1 is 0.750 bits per heavy atom. The molecule has 0 aromatic rings. The largest absolute Gasteiger partial charge is 0.378 e. The van der Waals surface area contributed by atoms with Crippen molar-refractivity contribution in [3.8, 4) is 12.3 Å². The first-order valence-electron chi connectivity index (χ1n) is 8.39. The highest BCUT2D eigenvalue weighted by atomic mass is 16.6. The maximum Gasteiger partial charge on any atom is 0.107 e. The predicted octanol–water partition coefficient (Wildman–Crippen LogP) is -0.131. The van der Waals surface area contributed by atoms with E-state index in [0.717, 1.165) is 19.8 Å². The second-order valence-electron chi connectivity index (χ2n) is 6.61. The van der Waals surface area contributed by atoms with E-state index in [0.29, 0.717) is 46.2 Å². The molecule has 0 aromatic heterocycles. The summed E-state index contributed by atoms with van der Waals surface area (Å²) in [5.74, 6) is 2.49. The van der Waals surface area contributed by atoms with Crippen LogP contribution in [0.4, 0.5) is 0 Å². The molecule has 24 heavy (non-hydrogen) atoms. The van der Waals surface area contributed by atoms with Crippen LogP contribution in [-0.2, 0) is 33.2 Å². The number of terminal acetylenes is 1. The Hall–Kier alpha value is -0.720. The third-order valence-electron chi connectivity index (χ3n) is 3.94. The van der Waals surface area contributed by atoms with Gasteiger partial charge in [0.1, 0.15) is 24.9 Å². The van der Waals surface area contributed by atoms with E-state index in [1.54, 1.807) is 0 Å². The fourth-order valence-corrected chi connectivity index (χ4v) is 2.29. The van der Waals surface area contributed by atoms with Crippen LogP contribution in [-0.4, -0.2) is 91.0 Å². The molecule has 3 rings (SSSR count). The molecule has 0 aliphatic carbocycles. The first kappa shape index (κ1) is 18.1. The molecule has 3 heterocycles. The Kier molecular flexibility index (Phi) is 6.86. The van der Waals surface area contributed by atoms with Crippen LogP contribution in [0, 0.1) is 17.8 Å². The van der Waals surface area contributed by atoms with Gasteiger partial charge in [-0.05, 0) is 0 Å². The van der Waals surface area contributed by atoms with E-state index < -0.39 is 5.41 Å². The summed E-state index contributed by atoms with van der Waals surface area (Å²) in [6.07, 6.45) is 5.94. The molecule has 0 bridgehead atoms. The molecule has 7 heteroatoms. The van der Waals surface area contributed by atoms with Crippen molar-refractivity contribution in [3.63, 3.8) is 0 Å². The Labute approximate surface area is 142 Å². The van der Waals surface area contributed by atoms with Gasteiger partial charge >= 0.3 is 0 Å². The van der Waals surface area contributed by atoms with Gasteiger partial charge in [-0.1, -0.05) is 5.92 Å². The summed E-state index contributed by atoms with van der Waals surface area (Å²) in [4.78, 5) is 0. The van der Waals surface area contributed by atoms with Gasteiger partial charge in [0.15, 0.2) is 0 Å². The first-order chi connectivity index (χ1) is 11.8. The summed E-state index contributed by atoms with van der Waals surface area (Å²) in [5.41, 5.74) is -0.407. The molecule has 0 radical (unpaired) electrons. The molecule has 0 N–H and O–H groups in total. The van der Waals surface area contributed by atoms with Crippen molar-refractivity contribution in [2.75, 3.05) is 72.7 Å². The lowest BCUT2D eigenvalue weighted by molar-refractivity contribution is -0.106. The maximum atomic E-state index is 5.82. The molecule has 3 unspecified atom stereocenters.